The number of aromatic nitrogens is 2. The van der Waals surface area contributed by atoms with E-state index in [1.165, 1.54) is 4.57 Å². The monoisotopic (exact) mass is 489 g/mol. The van der Waals surface area contributed by atoms with Crippen LogP contribution in [0.1, 0.15) is 34.6 Å². The largest absolute Gasteiger partial charge is 0.494 e. The van der Waals surface area contributed by atoms with Gasteiger partial charge < -0.3 is 14.6 Å². The molecule has 1 N–H and O–H groups in total. The molecule has 0 spiro atoms. The molecule has 1 aromatic heterocycles. The number of hydrogen-bond acceptors (Lipinski definition) is 4. The molecule has 1 atom stereocenters. The first kappa shape index (κ1) is 25.1. The lowest BCUT2D eigenvalue weighted by molar-refractivity contribution is -0.158. The molecule has 35 heavy (non-hydrogen) atoms. The van der Waals surface area contributed by atoms with Crippen LogP contribution in [0.4, 0.5) is 13.2 Å². The molecule has 0 aliphatic carbocycles. The van der Waals surface area contributed by atoms with Gasteiger partial charge in [0.25, 0.3) is 0 Å². The number of carbonyl (C=O) groups is 1. The van der Waals surface area contributed by atoms with E-state index in [-0.39, 0.29) is 0 Å². The van der Waals surface area contributed by atoms with Crippen LogP contribution < -0.4 is 16.5 Å². The van der Waals surface area contributed by atoms with Gasteiger partial charge in [-0.05, 0) is 64.3 Å². The fourth-order valence-electron chi connectivity index (χ4n) is 3.88. The molecular weight excluding hydrogens is 462 g/mol. The third-order valence-electron chi connectivity index (χ3n) is 6.68. The van der Waals surface area contributed by atoms with Gasteiger partial charge >= 0.3 is 19.0 Å². The number of rotatable bonds is 5. The Bertz CT molecular complexity index is 1300. The number of hydrogen-bond donors (Lipinski definition) is 1. The van der Waals surface area contributed by atoms with Crippen LogP contribution in [0.3, 0.4) is 0 Å². The van der Waals surface area contributed by atoms with Crippen molar-refractivity contribution in [2.75, 3.05) is 0 Å². The van der Waals surface area contributed by atoms with Crippen molar-refractivity contribution < 1.29 is 27.3 Å². The van der Waals surface area contributed by atoms with E-state index in [9.17, 15) is 22.8 Å². The van der Waals surface area contributed by atoms with Gasteiger partial charge in [-0.2, -0.15) is 13.2 Å². The van der Waals surface area contributed by atoms with Crippen LogP contribution in [-0.2, 0) is 20.6 Å². The van der Waals surface area contributed by atoms with Gasteiger partial charge in [-0.15, -0.1) is 0 Å². The Morgan fingerprint density at radius 3 is 2.09 bits per heavy atom. The first-order chi connectivity index (χ1) is 16.2. The highest BCUT2D eigenvalue weighted by atomic mass is 19.4. The van der Waals surface area contributed by atoms with Crippen molar-refractivity contribution in [3.63, 3.8) is 0 Å². The lowest BCUT2D eigenvalue weighted by atomic mass is 9.79. The smallest absolute Gasteiger partial charge is 0.399 e. The summed E-state index contributed by atoms with van der Waals surface area (Å²) in [4.78, 5) is 25.6. The van der Waals surface area contributed by atoms with Crippen LogP contribution in [0.15, 0.2) is 53.3 Å². The number of alkyl halides is 3. The van der Waals surface area contributed by atoms with Crippen LogP contribution in [0, 0.1) is 0 Å². The van der Waals surface area contributed by atoms with Gasteiger partial charge in [0.05, 0.1) is 27.9 Å². The molecule has 4 rings (SSSR count). The van der Waals surface area contributed by atoms with Crippen LogP contribution in [0.25, 0.3) is 16.7 Å². The highest BCUT2D eigenvalue weighted by Crippen LogP contribution is 2.36. The van der Waals surface area contributed by atoms with Gasteiger partial charge in [-0.1, -0.05) is 24.3 Å². The second-order valence-electron chi connectivity index (χ2n) is 9.70. The molecule has 1 saturated heterocycles. The average Bonchev–Trinajstić information content (AvgIpc) is 3.16. The summed E-state index contributed by atoms with van der Waals surface area (Å²) in [6.45, 7) is 8.15. The Morgan fingerprint density at radius 1 is 1.00 bits per heavy atom. The molecule has 1 fully saturated rings. The van der Waals surface area contributed by atoms with E-state index in [1.54, 1.807) is 48.5 Å². The predicted molar refractivity (Wildman–Crippen MR) is 127 cm³/mol. The summed E-state index contributed by atoms with van der Waals surface area (Å²) in [5.74, 6) is -0.907. The molecule has 0 saturated carbocycles. The Balaban J connectivity index is 1.65. The minimum Gasteiger partial charge on any atom is -0.399 e. The second-order valence-corrected chi connectivity index (χ2v) is 9.70. The summed E-state index contributed by atoms with van der Waals surface area (Å²) in [7, 11) is -0.563. The third kappa shape index (κ3) is 4.62. The van der Waals surface area contributed by atoms with Gasteiger partial charge in [0.2, 0.25) is 5.91 Å². The van der Waals surface area contributed by atoms with Crippen LogP contribution in [0.5, 0.6) is 0 Å². The minimum absolute atomic E-state index is 0.433. The number of benzene rings is 2. The number of imidazole rings is 1. The number of halogens is 3. The molecule has 0 radical (unpaired) electrons. The maximum atomic E-state index is 13.3. The average molecular weight is 489 g/mol. The van der Waals surface area contributed by atoms with Crippen LogP contribution >= 0.6 is 0 Å². The lowest BCUT2D eigenvalue weighted by Crippen LogP contribution is -2.45. The number of nitrogens with zero attached hydrogens (tertiary/aromatic N) is 2. The Labute approximate surface area is 201 Å². The zero-order chi connectivity index (χ0) is 25.8. The summed E-state index contributed by atoms with van der Waals surface area (Å²) >= 11 is 0. The fraction of sp³-hybridized carbons (Fsp3) is 0.417. The summed E-state index contributed by atoms with van der Waals surface area (Å²) in [5.41, 5.74) is 0.749. The van der Waals surface area contributed by atoms with Crippen LogP contribution in [0.2, 0.25) is 0 Å². The zero-order valence-corrected chi connectivity index (χ0v) is 20.1. The van der Waals surface area contributed by atoms with Crippen molar-refractivity contribution in [3.8, 4) is 5.69 Å². The number of amides is 1. The normalized spacial score (nSPS) is 18.1. The van der Waals surface area contributed by atoms with Crippen LogP contribution in [-0.4, -0.2) is 45.6 Å². The van der Waals surface area contributed by atoms with Gasteiger partial charge in [0.1, 0.15) is 12.6 Å². The number of nitrogens with one attached hydrogen (secondary N) is 1. The van der Waals surface area contributed by atoms with E-state index in [0.717, 1.165) is 17.0 Å². The van der Waals surface area contributed by atoms with E-state index in [0.29, 0.717) is 16.7 Å². The lowest BCUT2D eigenvalue weighted by Gasteiger charge is -2.32. The quantitative estimate of drug-likeness (QED) is 0.559. The standard InChI is InChI=1S/C24H27BF3N3O4/c1-15(24(26,27)28)29-20(32)14-30-18-8-6-7-9-19(18)31(21(30)33)17-12-10-16(11-13-17)25-34-22(2,3)23(4,5)35-25/h6-13,15H,14H2,1-5H3,(H,29,32)/t15-/m0/s1. The van der Waals surface area contributed by atoms with Gasteiger partial charge in [0, 0.05) is 0 Å². The molecule has 7 nitrogen and oxygen atoms in total. The molecule has 0 bridgehead atoms. The fourth-order valence-corrected chi connectivity index (χ4v) is 3.88. The van der Waals surface area contributed by atoms with Crippen molar-refractivity contribution in [2.24, 2.45) is 0 Å². The van der Waals surface area contributed by atoms with Gasteiger partial charge in [-0.3, -0.25) is 13.9 Å². The summed E-state index contributed by atoms with van der Waals surface area (Å²) < 4.78 is 53.2. The van der Waals surface area contributed by atoms with E-state index < -0.39 is 48.7 Å². The SMILES string of the molecule is C[C@H](NC(=O)Cn1c(=O)n(-c2ccc(B3OC(C)(C)C(C)(C)O3)cc2)c2ccccc21)C(F)(F)F. The summed E-state index contributed by atoms with van der Waals surface area (Å²) in [6.07, 6.45) is -4.58. The summed E-state index contributed by atoms with van der Waals surface area (Å²) in [5, 5.41) is 1.90. The molecule has 186 valence electrons. The highest BCUT2D eigenvalue weighted by Gasteiger charge is 2.51. The molecule has 0 unspecified atom stereocenters. The number of carbonyl (C=O) groups excluding carboxylic acids is 1. The molecule has 11 heteroatoms. The molecule has 3 aromatic rings. The second kappa shape index (κ2) is 8.56. The van der Waals surface area contributed by atoms with E-state index in [1.807, 2.05) is 33.0 Å². The maximum absolute atomic E-state index is 13.3. The first-order valence-corrected chi connectivity index (χ1v) is 11.2. The molecule has 1 aliphatic rings. The van der Waals surface area contributed by atoms with E-state index in [4.69, 9.17) is 9.31 Å². The van der Waals surface area contributed by atoms with Gasteiger partial charge in [-0.25, -0.2) is 4.79 Å². The Hall–Kier alpha value is -3.05. The molecule has 2 aromatic carbocycles. The highest BCUT2D eigenvalue weighted by molar-refractivity contribution is 6.62. The molecule has 1 amide bonds. The minimum atomic E-state index is -4.58. The van der Waals surface area contributed by atoms with Crippen molar-refractivity contribution in [3.05, 3.63) is 59.0 Å². The van der Waals surface area contributed by atoms with Crippen molar-refractivity contribution in [2.45, 2.75) is 64.6 Å². The molecule has 2 heterocycles. The predicted octanol–water partition coefficient (Wildman–Crippen LogP) is 3.16. The number of fused-ring (bicyclic) bond motifs is 1. The van der Waals surface area contributed by atoms with Crippen molar-refractivity contribution in [1.29, 1.82) is 0 Å². The Kier molecular flexibility index (Phi) is 6.13. The van der Waals surface area contributed by atoms with E-state index >= 15 is 0 Å². The van der Waals surface area contributed by atoms with Crippen molar-refractivity contribution >= 4 is 29.5 Å². The zero-order valence-electron chi connectivity index (χ0n) is 20.1. The number of para-hydroxylation sites is 2. The van der Waals surface area contributed by atoms with Crippen molar-refractivity contribution in [1.82, 2.24) is 14.5 Å². The molecular formula is C24H27BF3N3O4. The molecule has 1 aliphatic heterocycles. The third-order valence-corrected chi connectivity index (χ3v) is 6.68. The maximum Gasteiger partial charge on any atom is 0.494 e. The van der Waals surface area contributed by atoms with E-state index in [2.05, 4.69) is 0 Å². The van der Waals surface area contributed by atoms with Gasteiger partial charge in [0.15, 0.2) is 0 Å². The first-order valence-electron chi connectivity index (χ1n) is 11.2. The topological polar surface area (TPSA) is 74.5 Å². The Morgan fingerprint density at radius 2 is 1.54 bits per heavy atom. The summed E-state index contributed by atoms with van der Waals surface area (Å²) in [6, 6.07) is 11.9.